The molecule has 0 radical (unpaired) electrons. The van der Waals surface area contributed by atoms with Crippen molar-refractivity contribution in [3.05, 3.63) is 24.3 Å². The Morgan fingerprint density at radius 2 is 0.514 bits per heavy atom. The van der Waals surface area contributed by atoms with Gasteiger partial charge >= 0.3 is 17.9 Å². The Balaban J connectivity index is 4.17. The van der Waals surface area contributed by atoms with Crippen LogP contribution in [0, 0.1) is 0 Å². The first-order valence-corrected chi connectivity index (χ1v) is 31.3. The van der Waals surface area contributed by atoms with Crippen LogP contribution in [-0.4, -0.2) is 37.2 Å². The molecule has 0 aliphatic carbocycles. The molecule has 70 heavy (non-hydrogen) atoms. The van der Waals surface area contributed by atoms with Gasteiger partial charge in [-0.1, -0.05) is 302 Å². The zero-order valence-electron chi connectivity index (χ0n) is 47.3. The quantitative estimate of drug-likeness (QED) is 0.0261. The van der Waals surface area contributed by atoms with Crippen molar-refractivity contribution in [3.8, 4) is 0 Å². The van der Waals surface area contributed by atoms with Gasteiger partial charge in [-0.25, -0.2) is 0 Å². The number of carbonyl (C=O) groups excluding carboxylic acids is 3. The van der Waals surface area contributed by atoms with E-state index < -0.39 is 6.10 Å². The van der Waals surface area contributed by atoms with Crippen LogP contribution >= 0.6 is 0 Å². The molecular formula is C64H120O6. The van der Waals surface area contributed by atoms with E-state index in [1.807, 2.05) is 0 Å². The number of unbranched alkanes of at least 4 members (excludes halogenated alkanes) is 43. The molecule has 0 amide bonds. The summed E-state index contributed by atoms with van der Waals surface area (Å²) in [4.78, 5) is 38.1. The minimum Gasteiger partial charge on any atom is -0.462 e. The topological polar surface area (TPSA) is 78.9 Å². The second-order valence-corrected chi connectivity index (χ2v) is 21.3. The lowest BCUT2D eigenvalue weighted by atomic mass is 10.0. The minimum absolute atomic E-state index is 0.0690. The highest BCUT2D eigenvalue weighted by atomic mass is 16.6. The molecule has 0 aromatic heterocycles. The molecule has 0 aromatic carbocycles. The molecule has 1 unspecified atom stereocenters. The fourth-order valence-electron chi connectivity index (χ4n) is 9.48. The van der Waals surface area contributed by atoms with Gasteiger partial charge in [0.2, 0.25) is 0 Å². The van der Waals surface area contributed by atoms with Crippen LogP contribution in [0.1, 0.15) is 348 Å². The summed E-state index contributed by atoms with van der Waals surface area (Å²) in [7, 11) is 0. The summed E-state index contributed by atoms with van der Waals surface area (Å²) in [6, 6.07) is 0. The number of rotatable bonds is 58. The van der Waals surface area contributed by atoms with Crippen molar-refractivity contribution in [3.63, 3.8) is 0 Å². The Morgan fingerprint density at radius 1 is 0.286 bits per heavy atom. The average molecular weight is 986 g/mol. The molecule has 1 atom stereocenters. The van der Waals surface area contributed by atoms with Crippen molar-refractivity contribution in [2.75, 3.05) is 13.2 Å². The summed E-state index contributed by atoms with van der Waals surface area (Å²) in [6.07, 6.45) is 70.5. The van der Waals surface area contributed by atoms with Crippen LogP contribution in [0.4, 0.5) is 0 Å². The maximum absolute atomic E-state index is 12.9. The van der Waals surface area contributed by atoms with Crippen molar-refractivity contribution in [1.82, 2.24) is 0 Å². The molecule has 0 spiro atoms. The van der Waals surface area contributed by atoms with Crippen LogP contribution in [0.25, 0.3) is 0 Å². The zero-order valence-corrected chi connectivity index (χ0v) is 47.3. The van der Waals surface area contributed by atoms with Crippen LogP contribution in [0.15, 0.2) is 24.3 Å². The molecule has 412 valence electrons. The average Bonchev–Trinajstić information content (AvgIpc) is 3.36. The number of carbonyl (C=O) groups is 3. The van der Waals surface area contributed by atoms with Gasteiger partial charge in [0.05, 0.1) is 0 Å². The third-order valence-electron chi connectivity index (χ3n) is 14.2. The van der Waals surface area contributed by atoms with Crippen LogP contribution in [0.5, 0.6) is 0 Å². The molecule has 0 aliphatic rings. The van der Waals surface area contributed by atoms with E-state index in [9.17, 15) is 14.4 Å². The SMILES string of the molecule is CCCCC/C=C\C/C=C\CCCCCCCCCC(=O)OC(COC(=O)CCCCCCCCCCCC)COC(=O)CCCCCCCCCCCCCCCCCCCCCCCCCCC. The summed E-state index contributed by atoms with van der Waals surface area (Å²) < 4.78 is 16.9. The van der Waals surface area contributed by atoms with E-state index in [1.54, 1.807) is 0 Å². The van der Waals surface area contributed by atoms with E-state index in [0.29, 0.717) is 19.3 Å². The van der Waals surface area contributed by atoms with Crippen molar-refractivity contribution in [2.24, 2.45) is 0 Å². The maximum Gasteiger partial charge on any atom is 0.306 e. The van der Waals surface area contributed by atoms with Gasteiger partial charge in [-0.05, 0) is 51.4 Å². The third kappa shape index (κ3) is 56.8. The summed E-state index contributed by atoms with van der Waals surface area (Å²) in [5, 5.41) is 0. The summed E-state index contributed by atoms with van der Waals surface area (Å²) in [5.41, 5.74) is 0. The monoisotopic (exact) mass is 985 g/mol. The standard InChI is InChI=1S/C64H120O6/c1-4-7-10-13-16-19-22-24-26-28-29-30-31-32-33-34-35-37-38-40-42-45-48-51-54-57-63(66)69-60-61(59-68-62(65)56-53-50-47-44-21-18-15-12-9-6-3)70-64(67)58-55-52-49-46-43-41-39-36-27-25-23-20-17-14-11-8-5-2/h17,20,25,27,61H,4-16,18-19,21-24,26,28-60H2,1-3H3/b20-17-,27-25-. The normalized spacial score (nSPS) is 12.1. The molecule has 0 N–H and O–H groups in total. The number of hydrogen-bond donors (Lipinski definition) is 0. The van der Waals surface area contributed by atoms with Crippen LogP contribution in [0.3, 0.4) is 0 Å². The molecular weight excluding hydrogens is 865 g/mol. The van der Waals surface area contributed by atoms with Crippen molar-refractivity contribution in [2.45, 2.75) is 354 Å². The lowest BCUT2D eigenvalue weighted by Gasteiger charge is -2.18. The van der Waals surface area contributed by atoms with Crippen molar-refractivity contribution >= 4 is 17.9 Å². The first-order chi connectivity index (χ1) is 34.5. The highest BCUT2D eigenvalue weighted by Gasteiger charge is 2.19. The van der Waals surface area contributed by atoms with Gasteiger partial charge in [0.25, 0.3) is 0 Å². The van der Waals surface area contributed by atoms with Gasteiger partial charge in [0.15, 0.2) is 6.10 Å². The molecule has 0 heterocycles. The molecule has 0 aliphatic heterocycles. The third-order valence-corrected chi connectivity index (χ3v) is 14.2. The highest BCUT2D eigenvalue weighted by molar-refractivity contribution is 5.71. The molecule has 0 saturated carbocycles. The second-order valence-electron chi connectivity index (χ2n) is 21.3. The van der Waals surface area contributed by atoms with Gasteiger partial charge in [-0.3, -0.25) is 14.4 Å². The van der Waals surface area contributed by atoms with E-state index in [2.05, 4.69) is 45.1 Å². The Labute approximate surface area is 436 Å². The van der Waals surface area contributed by atoms with E-state index in [0.717, 1.165) is 70.6 Å². The molecule has 6 heteroatoms. The first-order valence-electron chi connectivity index (χ1n) is 31.3. The lowest BCUT2D eigenvalue weighted by Crippen LogP contribution is -2.30. The lowest BCUT2D eigenvalue weighted by molar-refractivity contribution is -0.167. The van der Waals surface area contributed by atoms with Gasteiger partial charge in [0, 0.05) is 19.3 Å². The Hall–Kier alpha value is -2.11. The van der Waals surface area contributed by atoms with Gasteiger partial charge < -0.3 is 14.2 Å². The first kappa shape index (κ1) is 67.9. The molecule has 0 fully saturated rings. The molecule has 0 saturated heterocycles. The minimum atomic E-state index is -0.770. The second kappa shape index (κ2) is 59.5. The smallest absolute Gasteiger partial charge is 0.306 e. The van der Waals surface area contributed by atoms with E-state index in [4.69, 9.17) is 14.2 Å². The number of ether oxygens (including phenoxy) is 3. The van der Waals surface area contributed by atoms with E-state index >= 15 is 0 Å². The number of allylic oxidation sites excluding steroid dienone is 4. The number of esters is 3. The van der Waals surface area contributed by atoms with Gasteiger partial charge in [-0.2, -0.15) is 0 Å². The Kier molecular flexibility index (Phi) is 57.7. The van der Waals surface area contributed by atoms with E-state index in [1.165, 1.54) is 238 Å². The van der Waals surface area contributed by atoms with E-state index in [-0.39, 0.29) is 31.1 Å². The molecule has 0 rings (SSSR count). The van der Waals surface area contributed by atoms with Gasteiger partial charge in [-0.15, -0.1) is 0 Å². The predicted octanol–water partition coefficient (Wildman–Crippen LogP) is 21.1. The van der Waals surface area contributed by atoms with Crippen LogP contribution in [0.2, 0.25) is 0 Å². The van der Waals surface area contributed by atoms with Crippen molar-refractivity contribution < 1.29 is 28.6 Å². The fraction of sp³-hybridized carbons (Fsp3) is 0.891. The maximum atomic E-state index is 12.9. The molecule has 0 bridgehead atoms. The largest absolute Gasteiger partial charge is 0.462 e. The van der Waals surface area contributed by atoms with Crippen LogP contribution < -0.4 is 0 Å². The molecule has 6 nitrogen and oxygen atoms in total. The number of hydrogen-bond acceptors (Lipinski definition) is 6. The summed E-state index contributed by atoms with van der Waals surface area (Å²) in [6.45, 7) is 6.65. The predicted molar refractivity (Wildman–Crippen MR) is 303 cm³/mol. The summed E-state index contributed by atoms with van der Waals surface area (Å²) in [5.74, 6) is -0.855. The Morgan fingerprint density at radius 3 is 0.814 bits per heavy atom. The highest BCUT2D eigenvalue weighted by Crippen LogP contribution is 2.18. The summed E-state index contributed by atoms with van der Waals surface area (Å²) >= 11 is 0. The Bertz CT molecular complexity index is 1130. The molecule has 0 aromatic rings. The zero-order chi connectivity index (χ0) is 50.7. The fourth-order valence-corrected chi connectivity index (χ4v) is 9.48. The van der Waals surface area contributed by atoms with Gasteiger partial charge in [0.1, 0.15) is 13.2 Å². The van der Waals surface area contributed by atoms with Crippen LogP contribution in [-0.2, 0) is 28.6 Å². The van der Waals surface area contributed by atoms with Crippen molar-refractivity contribution in [1.29, 1.82) is 0 Å².